The summed E-state index contributed by atoms with van der Waals surface area (Å²) in [5.74, 6) is -2.62. The van der Waals surface area contributed by atoms with E-state index < -0.39 is 47.2 Å². The topological polar surface area (TPSA) is 176 Å². The van der Waals surface area contributed by atoms with Crippen molar-refractivity contribution in [3.05, 3.63) is 84.2 Å². The van der Waals surface area contributed by atoms with Gasteiger partial charge in [0.15, 0.2) is 0 Å². The third-order valence-corrected chi connectivity index (χ3v) is 14.6. The van der Waals surface area contributed by atoms with E-state index in [1.807, 2.05) is 25.1 Å². The summed E-state index contributed by atoms with van der Waals surface area (Å²) in [6, 6.07) is 12.7. The number of aromatic nitrogens is 2. The number of rotatable bonds is 10. The molecule has 0 spiro atoms. The largest absolute Gasteiger partial charge is 0.508 e. The van der Waals surface area contributed by atoms with E-state index in [1.54, 1.807) is 37.4 Å². The molecule has 0 radical (unpaired) electrons. The van der Waals surface area contributed by atoms with Gasteiger partial charge in [-0.05, 0) is 116 Å². The zero-order chi connectivity index (χ0) is 48.4. The first kappa shape index (κ1) is 48.4. The van der Waals surface area contributed by atoms with Gasteiger partial charge in [-0.2, -0.15) is 0 Å². The van der Waals surface area contributed by atoms with Crippen LogP contribution in [0.25, 0.3) is 33.3 Å². The third kappa shape index (κ3) is 9.91. The molecule has 4 aliphatic rings. The molecular weight excluding hydrogens is 863 g/mol. The lowest BCUT2D eigenvalue weighted by Crippen LogP contribution is -2.62. The standard InChI is InChI=1S/C53H67N7O8/c1-8-46(62)58-28-32(3)41(29-58)50(64)57(6)47(34-14-10-11-15-34)49(63)55-43-24-33-22-36(25-37(61)23-33)35-18-19-45-39(26-35)40(48(59(45)9-2)38-16-12-20-54-44(38)30-67-7)27-53(4,5)31-68-52(66)42-17-13-21-60(56-42)51(43)65/h8,12,16,18-20,22-23,25-26,32,34,41-43,47,56,61H,1,9-11,13-15,17,21,24,27-31H2,2-7H3,(H,55,63)/t32-,41+,42-,43-,47-/m0/s1. The maximum absolute atomic E-state index is 14.9. The first-order chi connectivity index (χ1) is 32.6. The fraction of sp³-hybridized carbons (Fsp3) is 0.509. The van der Waals surface area contributed by atoms with E-state index in [0.29, 0.717) is 44.5 Å². The second-order valence-corrected chi connectivity index (χ2v) is 20.1. The van der Waals surface area contributed by atoms with Gasteiger partial charge < -0.3 is 34.3 Å². The third-order valence-electron chi connectivity index (χ3n) is 14.6. The Morgan fingerprint density at radius 3 is 2.59 bits per heavy atom. The predicted octanol–water partition coefficient (Wildman–Crippen LogP) is 6.19. The Kier molecular flexibility index (Phi) is 14.4. The molecule has 2 saturated heterocycles. The van der Waals surface area contributed by atoms with Crippen LogP contribution in [0.5, 0.6) is 5.75 Å². The minimum absolute atomic E-state index is 0.000000256. The molecule has 8 rings (SSSR count). The molecule has 362 valence electrons. The van der Waals surface area contributed by atoms with Crippen molar-refractivity contribution in [3.63, 3.8) is 0 Å². The van der Waals surface area contributed by atoms with Gasteiger partial charge in [0.25, 0.3) is 5.91 Å². The lowest BCUT2D eigenvalue weighted by molar-refractivity contribution is -0.155. The van der Waals surface area contributed by atoms with E-state index in [0.717, 1.165) is 70.2 Å². The number of benzene rings is 2. The number of amides is 4. The molecule has 15 nitrogen and oxygen atoms in total. The lowest BCUT2D eigenvalue weighted by Gasteiger charge is -2.37. The fourth-order valence-corrected chi connectivity index (χ4v) is 11.2. The summed E-state index contributed by atoms with van der Waals surface area (Å²) >= 11 is 0. The molecule has 4 amide bonds. The number of carbonyl (C=O) groups is 5. The minimum atomic E-state index is -1.15. The fourth-order valence-electron chi connectivity index (χ4n) is 11.2. The van der Waals surface area contributed by atoms with Crippen molar-refractivity contribution in [1.82, 2.24) is 35.1 Å². The summed E-state index contributed by atoms with van der Waals surface area (Å²) in [6.07, 6.45) is 7.85. The minimum Gasteiger partial charge on any atom is -0.508 e. The van der Waals surface area contributed by atoms with Crippen LogP contribution in [0, 0.1) is 23.2 Å². The number of likely N-dealkylation sites (tertiary alicyclic amines) is 1. The molecular formula is C53H67N7O8. The number of nitrogens with zero attached hydrogens (tertiary/aromatic N) is 5. The molecule has 1 aliphatic carbocycles. The number of carbonyl (C=O) groups excluding carboxylic acids is 5. The SMILES string of the molecule is C=CC(=O)N1C[C@H](C)[C@H](C(=O)N(C)[C@H](C(=O)N[C@H]2Cc3cc(O)cc(c3)-c3ccc4c(c3)c(c(-c3cccnc3COC)n4CC)CC(C)(C)COC(=O)[C@@H]3CCCN(N3)C2=O)C2CCCC2)C1. The van der Waals surface area contributed by atoms with E-state index in [1.165, 1.54) is 16.0 Å². The second kappa shape index (κ2) is 20.3. The average Bonchev–Trinajstić information content (AvgIpc) is 4.07. The first-order valence-corrected chi connectivity index (χ1v) is 24.3. The van der Waals surface area contributed by atoms with Crippen LogP contribution in [-0.4, -0.2) is 118 Å². The van der Waals surface area contributed by atoms with Gasteiger partial charge >= 0.3 is 5.97 Å². The van der Waals surface area contributed by atoms with E-state index in [4.69, 9.17) is 14.5 Å². The van der Waals surface area contributed by atoms with Crippen LogP contribution in [0.3, 0.4) is 0 Å². The van der Waals surface area contributed by atoms with Gasteiger partial charge in [0.2, 0.25) is 17.7 Å². The number of cyclic esters (lactones) is 1. The number of phenolic OH excluding ortho intramolecular Hbond substituents is 1. The van der Waals surface area contributed by atoms with Gasteiger partial charge in [0, 0.05) is 74.8 Å². The van der Waals surface area contributed by atoms with Crippen LogP contribution in [0.1, 0.15) is 83.0 Å². The van der Waals surface area contributed by atoms with E-state index >= 15 is 0 Å². The van der Waals surface area contributed by atoms with Crippen molar-refractivity contribution in [2.45, 2.75) is 110 Å². The molecule has 1 saturated carbocycles. The highest BCUT2D eigenvalue weighted by atomic mass is 16.5. The predicted molar refractivity (Wildman–Crippen MR) is 259 cm³/mol. The Labute approximate surface area is 399 Å². The van der Waals surface area contributed by atoms with Crippen LogP contribution in [0.15, 0.2) is 67.4 Å². The summed E-state index contributed by atoms with van der Waals surface area (Å²) in [7, 11) is 3.31. The first-order valence-electron chi connectivity index (χ1n) is 24.3. The second-order valence-electron chi connectivity index (χ2n) is 20.1. The summed E-state index contributed by atoms with van der Waals surface area (Å²) in [5, 5.41) is 16.9. The number of pyridine rings is 1. The van der Waals surface area contributed by atoms with Crippen molar-refractivity contribution < 1.29 is 38.6 Å². The normalized spacial score (nSPS) is 22.7. The number of ether oxygens (including phenoxy) is 2. The maximum Gasteiger partial charge on any atom is 0.324 e. The van der Waals surface area contributed by atoms with Gasteiger partial charge in [0.1, 0.15) is 23.9 Å². The van der Waals surface area contributed by atoms with Gasteiger partial charge in [0.05, 0.1) is 30.5 Å². The highest BCUT2D eigenvalue weighted by Gasteiger charge is 2.44. The number of fused-ring (bicyclic) bond motifs is 6. The molecule has 5 atom stereocenters. The van der Waals surface area contributed by atoms with E-state index in [9.17, 15) is 29.1 Å². The van der Waals surface area contributed by atoms with Gasteiger partial charge in [-0.15, -0.1) is 0 Å². The number of esters is 1. The Hall–Kier alpha value is -6.06. The van der Waals surface area contributed by atoms with Crippen molar-refractivity contribution in [3.8, 4) is 28.1 Å². The highest BCUT2D eigenvalue weighted by Crippen LogP contribution is 2.42. The molecule has 15 heteroatoms. The molecule has 68 heavy (non-hydrogen) atoms. The molecule has 6 bridgehead atoms. The maximum atomic E-state index is 14.9. The van der Waals surface area contributed by atoms with Crippen molar-refractivity contribution >= 4 is 40.5 Å². The number of nitrogens with one attached hydrogen (secondary N) is 2. The van der Waals surface area contributed by atoms with Crippen LogP contribution in [-0.2, 0) is 59.4 Å². The molecule has 5 heterocycles. The Balaban J connectivity index is 1.20. The molecule has 3 aliphatic heterocycles. The van der Waals surface area contributed by atoms with Crippen molar-refractivity contribution in [2.24, 2.45) is 23.2 Å². The average molecular weight is 930 g/mol. The van der Waals surface area contributed by atoms with Gasteiger partial charge in [-0.25, -0.2) is 5.43 Å². The molecule has 2 aromatic carbocycles. The zero-order valence-corrected chi connectivity index (χ0v) is 40.4. The molecule has 4 aromatic rings. The smallest absolute Gasteiger partial charge is 0.324 e. The van der Waals surface area contributed by atoms with Gasteiger partial charge in [-0.3, -0.25) is 34.0 Å². The molecule has 3 N–H and O–H groups in total. The van der Waals surface area contributed by atoms with Gasteiger partial charge in [-0.1, -0.05) is 52.3 Å². The number of hydrogen-bond acceptors (Lipinski definition) is 10. The molecule has 3 fully saturated rings. The number of aromatic hydroxyl groups is 1. The molecule has 0 unspecified atom stereocenters. The van der Waals surface area contributed by atoms with Crippen LogP contribution < -0.4 is 10.7 Å². The van der Waals surface area contributed by atoms with Crippen LogP contribution in [0.2, 0.25) is 0 Å². The number of hydrazine groups is 1. The monoisotopic (exact) mass is 930 g/mol. The Bertz CT molecular complexity index is 2580. The highest BCUT2D eigenvalue weighted by molar-refractivity contribution is 5.96. The van der Waals surface area contributed by atoms with E-state index in [-0.39, 0.29) is 55.5 Å². The number of methoxy groups -OCH3 is 1. The summed E-state index contributed by atoms with van der Waals surface area (Å²) in [5.41, 5.74) is 9.64. The summed E-state index contributed by atoms with van der Waals surface area (Å²) < 4.78 is 14.0. The Morgan fingerprint density at radius 1 is 1.07 bits per heavy atom. The summed E-state index contributed by atoms with van der Waals surface area (Å²) in [6.45, 7) is 13.9. The number of likely N-dealkylation sites (N-methyl/N-ethyl adjacent to an activating group) is 1. The number of hydrogen-bond donors (Lipinski definition) is 3. The van der Waals surface area contributed by atoms with Crippen LogP contribution in [0.4, 0.5) is 0 Å². The van der Waals surface area contributed by atoms with Crippen molar-refractivity contribution in [2.75, 3.05) is 40.4 Å². The molecule has 2 aromatic heterocycles. The Morgan fingerprint density at radius 2 is 1.85 bits per heavy atom. The lowest BCUT2D eigenvalue weighted by atomic mass is 9.84. The number of aryl methyl sites for hydroxylation is 1. The summed E-state index contributed by atoms with van der Waals surface area (Å²) in [4.78, 5) is 78.6. The van der Waals surface area contributed by atoms with Crippen molar-refractivity contribution in [1.29, 1.82) is 0 Å². The zero-order valence-electron chi connectivity index (χ0n) is 40.4. The van der Waals surface area contributed by atoms with Crippen LogP contribution >= 0.6 is 0 Å². The number of phenols is 1. The van der Waals surface area contributed by atoms with E-state index in [2.05, 4.69) is 60.9 Å². The quantitative estimate of drug-likeness (QED) is 0.123.